The molecule has 3 nitrogen and oxygen atoms in total. The first-order valence-corrected chi connectivity index (χ1v) is 6.61. The molecule has 0 spiro atoms. The Morgan fingerprint density at radius 1 is 1.35 bits per heavy atom. The van der Waals surface area contributed by atoms with E-state index in [1.165, 1.54) is 13.0 Å². The number of benzene rings is 1. The molecule has 0 heterocycles. The van der Waals surface area contributed by atoms with Gasteiger partial charge in [-0.2, -0.15) is 0 Å². The molecule has 0 bridgehead atoms. The van der Waals surface area contributed by atoms with E-state index in [0.29, 0.717) is 6.42 Å². The number of nitrogens with one attached hydrogen (secondary N) is 1. The third-order valence-corrected chi connectivity index (χ3v) is 3.05. The summed E-state index contributed by atoms with van der Waals surface area (Å²) in [6, 6.07) is 2.46. The highest BCUT2D eigenvalue weighted by atomic mass is 19.1. The molecule has 0 aliphatic rings. The van der Waals surface area contributed by atoms with Gasteiger partial charge in [0, 0.05) is 6.54 Å². The molecule has 1 unspecified atom stereocenters. The van der Waals surface area contributed by atoms with Gasteiger partial charge in [-0.1, -0.05) is 26.8 Å². The second-order valence-corrected chi connectivity index (χ2v) is 6.24. The highest BCUT2D eigenvalue weighted by Gasteiger charge is 2.25. The number of amides is 1. The molecule has 0 saturated heterocycles. The smallest absolute Gasteiger partial charge is 0.228 e. The minimum Gasteiger partial charge on any atom is -0.330 e. The quantitative estimate of drug-likeness (QED) is 0.892. The van der Waals surface area contributed by atoms with Crippen molar-refractivity contribution in [2.45, 2.75) is 34.1 Å². The third-order valence-electron chi connectivity index (χ3n) is 3.05. The molecule has 0 radical (unpaired) electrons. The lowest BCUT2D eigenvalue weighted by atomic mass is 9.84. The van der Waals surface area contributed by atoms with E-state index < -0.39 is 29.1 Å². The van der Waals surface area contributed by atoms with Gasteiger partial charge in [-0.3, -0.25) is 4.79 Å². The monoisotopic (exact) mass is 284 g/mol. The molecule has 0 aliphatic carbocycles. The number of nitrogens with two attached hydrogens (primary N) is 1. The molecule has 5 heteroatoms. The van der Waals surface area contributed by atoms with Crippen molar-refractivity contribution in [3.63, 3.8) is 0 Å². The number of anilines is 1. The first-order valence-electron chi connectivity index (χ1n) is 6.61. The molecule has 0 saturated carbocycles. The van der Waals surface area contributed by atoms with Crippen LogP contribution in [0.5, 0.6) is 0 Å². The van der Waals surface area contributed by atoms with Gasteiger partial charge in [-0.05, 0) is 30.4 Å². The van der Waals surface area contributed by atoms with Gasteiger partial charge >= 0.3 is 0 Å². The van der Waals surface area contributed by atoms with Crippen LogP contribution in [0, 0.1) is 29.9 Å². The number of hydrogen-bond acceptors (Lipinski definition) is 2. The Morgan fingerprint density at radius 2 is 1.95 bits per heavy atom. The molecule has 1 amide bonds. The zero-order valence-electron chi connectivity index (χ0n) is 12.4. The van der Waals surface area contributed by atoms with Crippen LogP contribution in [-0.4, -0.2) is 12.5 Å². The summed E-state index contributed by atoms with van der Waals surface area (Å²) in [5.74, 6) is -2.46. The van der Waals surface area contributed by atoms with Crippen molar-refractivity contribution in [2.75, 3.05) is 11.9 Å². The Labute approximate surface area is 118 Å². The Kier molecular flexibility index (Phi) is 5.22. The standard InChI is InChI=1S/C15H22F2N2O/c1-9-5-6-11(16)13(12(9)17)19-14(20)10(8-18)7-15(2,3)4/h5-6,10H,7-8,18H2,1-4H3,(H,19,20). The van der Waals surface area contributed by atoms with Crippen molar-refractivity contribution in [2.24, 2.45) is 17.1 Å². The van der Waals surface area contributed by atoms with E-state index in [1.807, 2.05) is 20.8 Å². The second kappa shape index (κ2) is 6.31. The molecule has 0 fully saturated rings. The van der Waals surface area contributed by atoms with Crippen molar-refractivity contribution in [1.29, 1.82) is 0 Å². The van der Waals surface area contributed by atoms with E-state index in [9.17, 15) is 13.6 Å². The lowest BCUT2D eigenvalue weighted by molar-refractivity contribution is -0.120. The molecule has 1 aromatic rings. The molecule has 0 aliphatic heterocycles. The van der Waals surface area contributed by atoms with Crippen LogP contribution in [0.1, 0.15) is 32.8 Å². The van der Waals surface area contributed by atoms with Crippen molar-refractivity contribution in [3.05, 3.63) is 29.3 Å². The van der Waals surface area contributed by atoms with Gasteiger partial charge in [0.1, 0.15) is 11.5 Å². The Balaban J connectivity index is 2.92. The van der Waals surface area contributed by atoms with Crippen molar-refractivity contribution in [3.8, 4) is 0 Å². The fourth-order valence-electron chi connectivity index (χ4n) is 2.02. The third kappa shape index (κ3) is 4.27. The fraction of sp³-hybridized carbons (Fsp3) is 0.533. The molecule has 1 aromatic carbocycles. The minimum atomic E-state index is -0.784. The second-order valence-electron chi connectivity index (χ2n) is 6.24. The van der Waals surface area contributed by atoms with E-state index >= 15 is 0 Å². The van der Waals surface area contributed by atoms with Gasteiger partial charge in [-0.15, -0.1) is 0 Å². The maximum atomic E-state index is 13.8. The molecule has 0 aromatic heterocycles. The van der Waals surface area contributed by atoms with Gasteiger partial charge in [-0.25, -0.2) is 8.78 Å². The fourth-order valence-corrected chi connectivity index (χ4v) is 2.02. The number of halogens is 2. The van der Waals surface area contributed by atoms with Crippen LogP contribution in [0.3, 0.4) is 0 Å². The van der Waals surface area contributed by atoms with Crippen molar-refractivity contribution in [1.82, 2.24) is 0 Å². The topological polar surface area (TPSA) is 55.1 Å². The van der Waals surface area contributed by atoms with Crippen LogP contribution >= 0.6 is 0 Å². The number of aryl methyl sites for hydroxylation is 1. The zero-order valence-corrected chi connectivity index (χ0v) is 12.4. The van der Waals surface area contributed by atoms with Crippen LogP contribution in [0.2, 0.25) is 0 Å². The molecule has 112 valence electrons. The summed E-state index contributed by atoms with van der Waals surface area (Å²) < 4.78 is 27.5. The predicted octanol–water partition coefficient (Wildman–Crippen LogP) is 3.22. The van der Waals surface area contributed by atoms with E-state index in [-0.39, 0.29) is 17.5 Å². The average molecular weight is 284 g/mol. The van der Waals surface area contributed by atoms with Gasteiger partial charge in [0.2, 0.25) is 5.91 Å². The van der Waals surface area contributed by atoms with E-state index in [1.54, 1.807) is 0 Å². The molecular weight excluding hydrogens is 262 g/mol. The van der Waals surface area contributed by atoms with E-state index in [4.69, 9.17) is 5.73 Å². The van der Waals surface area contributed by atoms with Gasteiger partial charge in [0.15, 0.2) is 5.82 Å². The Bertz CT molecular complexity index is 495. The minimum absolute atomic E-state index is 0.0922. The highest BCUT2D eigenvalue weighted by Crippen LogP contribution is 2.26. The largest absolute Gasteiger partial charge is 0.330 e. The number of carbonyl (C=O) groups excluding carboxylic acids is 1. The lowest BCUT2D eigenvalue weighted by Gasteiger charge is -2.24. The predicted molar refractivity (Wildman–Crippen MR) is 76.3 cm³/mol. The molecule has 1 atom stereocenters. The Hall–Kier alpha value is -1.49. The zero-order chi connectivity index (χ0) is 15.5. The summed E-state index contributed by atoms with van der Waals surface area (Å²) in [5, 5.41) is 2.32. The van der Waals surface area contributed by atoms with Crippen LogP contribution in [0.4, 0.5) is 14.5 Å². The van der Waals surface area contributed by atoms with E-state index in [0.717, 1.165) is 6.07 Å². The van der Waals surface area contributed by atoms with Crippen LogP contribution < -0.4 is 11.1 Å². The van der Waals surface area contributed by atoms with Crippen molar-refractivity contribution >= 4 is 11.6 Å². The summed E-state index contributed by atoms with van der Waals surface area (Å²) >= 11 is 0. The first kappa shape index (κ1) is 16.6. The maximum Gasteiger partial charge on any atom is 0.228 e. The molecule has 3 N–H and O–H groups in total. The van der Waals surface area contributed by atoms with Crippen LogP contribution in [0.15, 0.2) is 12.1 Å². The van der Waals surface area contributed by atoms with Crippen molar-refractivity contribution < 1.29 is 13.6 Å². The maximum absolute atomic E-state index is 13.8. The molecular formula is C15H22F2N2O. The highest BCUT2D eigenvalue weighted by molar-refractivity contribution is 5.93. The SMILES string of the molecule is Cc1ccc(F)c(NC(=O)C(CN)CC(C)(C)C)c1F. The lowest BCUT2D eigenvalue weighted by Crippen LogP contribution is -2.33. The van der Waals surface area contributed by atoms with E-state index in [2.05, 4.69) is 5.32 Å². The molecule has 20 heavy (non-hydrogen) atoms. The average Bonchev–Trinajstić information content (AvgIpc) is 2.35. The number of carbonyl (C=O) groups is 1. The summed E-state index contributed by atoms with van der Waals surface area (Å²) in [6.07, 6.45) is 0.546. The summed E-state index contributed by atoms with van der Waals surface area (Å²) in [6.45, 7) is 7.60. The number of rotatable bonds is 4. The summed E-state index contributed by atoms with van der Waals surface area (Å²) in [4.78, 5) is 12.1. The summed E-state index contributed by atoms with van der Waals surface area (Å²) in [5.41, 5.74) is 5.38. The molecule has 1 rings (SSSR count). The summed E-state index contributed by atoms with van der Waals surface area (Å²) in [7, 11) is 0. The number of hydrogen-bond donors (Lipinski definition) is 2. The van der Waals surface area contributed by atoms with Gasteiger partial charge < -0.3 is 11.1 Å². The van der Waals surface area contributed by atoms with Gasteiger partial charge in [0.05, 0.1) is 5.92 Å². The van der Waals surface area contributed by atoms with Crippen LogP contribution in [0.25, 0.3) is 0 Å². The normalized spacial score (nSPS) is 13.2. The van der Waals surface area contributed by atoms with Gasteiger partial charge in [0.25, 0.3) is 0 Å². The first-order chi connectivity index (χ1) is 9.15. The van der Waals surface area contributed by atoms with Crippen LogP contribution in [-0.2, 0) is 4.79 Å². The Morgan fingerprint density at radius 3 is 2.45 bits per heavy atom.